The van der Waals surface area contributed by atoms with Gasteiger partial charge in [0.1, 0.15) is 17.8 Å². The molecule has 0 aromatic heterocycles. The molecule has 4 nitrogen and oxygen atoms in total. The molecule has 2 unspecified atom stereocenters. The van der Waals surface area contributed by atoms with Crippen LogP contribution in [0.3, 0.4) is 0 Å². The van der Waals surface area contributed by atoms with E-state index in [1.807, 2.05) is 12.1 Å². The van der Waals surface area contributed by atoms with Gasteiger partial charge >= 0.3 is 5.97 Å². The van der Waals surface area contributed by atoms with E-state index >= 15 is 0 Å². The van der Waals surface area contributed by atoms with E-state index in [9.17, 15) is 9.59 Å². The Labute approximate surface area is 121 Å². The van der Waals surface area contributed by atoms with E-state index in [2.05, 4.69) is 15.9 Å². The van der Waals surface area contributed by atoms with Crippen molar-refractivity contribution >= 4 is 28.2 Å². The van der Waals surface area contributed by atoms with Gasteiger partial charge in [-0.1, -0.05) is 28.1 Å². The maximum Gasteiger partial charge on any atom is 0.318 e. The molecule has 0 spiro atoms. The number of aldehydes is 1. The second-order valence-electron chi connectivity index (χ2n) is 5.27. The summed E-state index contributed by atoms with van der Waals surface area (Å²) in [6.45, 7) is 5.24. The molecule has 1 rings (SSSR count). The van der Waals surface area contributed by atoms with Crippen LogP contribution in [0, 0.1) is 5.92 Å². The van der Waals surface area contributed by atoms with E-state index < -0.39 is 23.5 Å². The zero-order valence-corrected chi connectivity index (χ0v) is 12.8. The fourth-order valence-electron chi connectivity index (χ4n) is 1.55. The topological polar surface area (TPSA) is 69.4 Å². The van der Waals surface area contributed by atoms with Gasteiger partial charge in [-0.15, -0.1) is 0 Å². The highest BCUT2D eigenvalue weighted by molar-refractivity contribution is 9.10. The molecule has 0 heterocycles. The maximum atomic E-state index is 11.9. The van der Waals surface area contributed by atoms with E-state index in [-0.39, 0.29) is 0 Å². The Kier molecular flexibility index (Phi) is 5.26. The Morgan fingerprint density at radius 3 is 2.26 bits per heavy atom. The highest BCUT2D eigenvalue weighted by Gasteiger charge is 2.30. The summed E-state index contributed by atoms with van der Waals surface area (Å²) in [5.74, 6) is -1.60. The van der Waals surface area contributed by atoms with Gasteiger partial charge in [-0.05, 0) is 38.5 Å². The average molecular weight is 328 g/mol. The number of esters is 1. The van der Waals surface area contributed by atoms with Gasteiger partial charge in [0, 0.05) is 10.5 Å². The van der Waals surface area contributed by atoms with Crippen molar-refractivity contribution in [2.24, 2.45) is 11.7 Å². The molecule has 0 aliphatic carbocycles. The quantitative estimate of drug-likeness (QED) is 0.524. The van der Waals surface area contributed by atoms with Crippen molar-refractivity contribution in [1.29, 1.82) is 0 Å². The number of halogens is 1. The monoisotopic (exact) mass is 327 g/mol. The van der Waals surface area contributed by atoms with Crippen molar-refractivity contribution in [3.63, 3.8) is 0 Å². The lowest BCUT2D eigenvalue weighted by Gasteiger charge is -2.24. The summed E-state index contributed by atoms with van der Waals surface area (Å²) >= 11 is 3.32. The predicted octanol–water partition coefficient (Wildman–Crippen LogP) is 2.61. The Balaban J connectivity index is 2.87. The third-order valence-corrected chi connectivity index (χ3v) is 3.00. The van der Waals surface area contributed by atoms with Crippen LogP contribution in [-0.4, -0.2) is 17.9 Å². The average Bonchev–Trinajstić information content (AvgIpc) is 2.28. The molecular weight excluding hydrogens is 310 g/mol. The molecule has 0 radical (unpaired) electrons. The summed E-state index contributed by atoms with van der Waals surface area (Å²) in [6.07, 6.45) is 0.542. The number of carbonyl (C=O) groups is 2. The zero-order valence-electron chi connectivity index (χ0n) is 11.2. The van der Waals surface area contributed by atoms with Gasteiger partial charge in [0.2, 0.25) is 0 Å². The predicted molar refractivity (Wildman–Crippen MR) is 76.5 cm³/mol. The first-order chi connectivity index (χ1) is 8.74. The molecule has 2 atom stereocenters. The standard InChI is InChI=1S/C14H18BrNO3/c1-14(2,3)19-13(18)11(8-17)12(16)9-4-6-10(15)7-5-9/h4-8,11-12H,16H2,1-3H3. The molecule has 0 aliphatic heterocycles. The largest absolute Gasteiger partial charge is 0.459 e. The Morgan fingerprint density at radius 1 is 1.32 bits per heavy atom. The van der Waals surface area contributed by atoms with Gasteiger partial charge in [0.25, 0.3) is 0 Å². The number of benzene rings is 1. The smallest absolute Gasteiger partial charge is 0.318 e. The van der Waals surface area contributed by atoms with Crippen molar-refractivity contribution < 1.29 is 14.3 Å². The van der Waals surface area contributed by atoms with Crippen LogP contribution in [0.2, 0.25) is 0 Å². The first-order valence-corrected chi connectivity index (χ1v) is 6.73. The molecule has 19 heavy (non-hydrogen) atoms. The van der Waals surface area contributed by atoms with Gasteiger partial charge in [0.05, 0.1) is 0 Å². The van der Waals surface area contributed by atoms with Crippen LogP contribution in [0.5, 0.6) is 0 Å². The lowest BCUT2D eigenvalue weighted by Crippen LogP contribution is -2.35. The van der Waals surface area contributed by atoms with Gasteiger partial charge in [-0.25, -0.2) is 0 Å². The van der Waals surface area contributed by atoms with Crippen LogP contribution in [0.4, 0.5) is 0 Å². The number of hydrogen-bond acceptors (Lipinski definition) is 4. The SMILES string of the molecule is CC(C)(C)OC(=O)C(C=O)C(N)c1ccc(Br)cc1. The highest BCUT2D eigenvalue weighted by Crippen LogP contribution is 2.23. The molecule has 0 fully saturated rings. The molecule has 1 aromatic rings. The van der Waals surface area contributed by atoms with E-state index in [1.54, 1.807) is 32.9 Å². The normalized spacial score (nSPS) is 14.6. The van der Waals surface area contributed by atoms with E-state index in [0.29, 0.717) is 11.8 Å². The van der Waals surface area contributed by atoms with Crippen LogP contribution in [0.25, 0.3) is 0 Å². The Morgan fingerprint density at radius 2 is 1.84 bits per heavy atom. The lowest BCUT2D eigenvalue weighted by atomic mass is 9.95. The van der Waals surface area contributed by atoms with Gasteiger partial charge < -0.3 is 15.3 Å². The summed E-state index contributed by atoms with van der Waals surface area (Å²) in [4.78, 5) is 23.1. The van der Waals surface area contributed by atoms with Crippen LogP contribution >= 0.6 is 15.9 Å². The summed E-state index contributed by atoms with van der Waals surface area (Å²) in [7, 11) is 0. The van der Waals surface area contributed by atoms with Gasteiger partial charge in [-0.2, -0.15) is 0 Å². The second-order valence-corrected chi connectivity index (χ2v) is 6.19. The van der Waals surface area contributed by atoms with Crippen LogP contribution in [0.1, 0.15) is 32.4 Å². The number of ether oxygens (including phenoxy) is 1. The molecule has 5 heteroatoms. The number of nitrogens with two attached hydrogens (primary N) is 1. The molecule has 0 aliphatic rings. The second kappa shape index (κ2) is 6.30. The fraction of sp³-hybridized carbons (Fsp3) is 0.429. The van der Waals surface area contributed by atoms with E-state index in [1.165, 1.54) is 0 Å². The molecule has 0 amide bonds. The van der Waals surface area contributed by atoms with Crippen molar-refractivity contribution in [1.82, 2.24) is 0 Å². The minimum atomic E-state index is -1.000. The molecular formula is C14H18BrNO3. The first-order valence-electron chi connectivity index (χ1n) is 5.94. The molecule has 0 saturated carbocycles. The van der Waals surface area contributed by atoms with Crippen molar-refractivity contribution in [2.45, 2.75) is 32.4 Å². The molecule has 104 valence electrons. The zero-order chi connectivity index (χ0) is 14.6. The van der Waals surface area contributed by atoms with E-state index in [0.717, 1.165) is 4.47 Å². The van der Waals surface area contributed by atoms with Crippen molar-refractivity contribution in [2.75, 3.05) is 0 Å². The number of hydrogen-bond donors (Lipinski definition) is 1. The Bertz CT molecular complexity index is 451. The summed E-state index contributed by atoms with van der Waals surface area (Å²) < 4.78 is 6.10. The first kappa shape index (κ1) is 15.9. The highest BCUT2D eigenvalue weighted by atomic mass is 79.9. The van der Waals surface area contributed by atoms with Crippen molar-refractivity contribution in [3.8, 4) is 0 Å². The van der Waals surface area contributed by atoms with Crippen LogP contribution < -0.4 is 5.73 Å². The van der Waals surface area contributed by atoms with Gasteiger partial charge in [0.15, 0.2) is 0 Å². The van der Waals surface area contributed by atoms with Crippen LogP contribution in [-0.2, 0) is 14.3 Å². The summed E-state index contributed by atoms with van der Waals surface area (Å²) in [5, 5.41) is 0. The third kappa shape index (κ3) is 4.76. The minimum Gasteiger partial charge on any atom is -0.459 e. The summed E-state index contributed by atoms with van der Waals surface area (Å²) in [5.41, 5.74) is 6.05. The number of rotatable bonds is 4. The Hall–Kier alpha value is -1.20. The molecule has 0 bridgehead atoms. The minimum absolute atomic E-state index is 0.542. The van der Waals surface area contributed by atoms with E-state index in [4.69, 9.17) is 10.5 Å². The van der Waals surface area contributed by atoms with Gasteiger partial charge in [-0.3, -0.25) is 4.79 Å². The van der Waals surface area contributed by atoms with Crippen molar-refractivity contribution in [3.05, 3.63) is 34.3 Å². The van der Waals surface area contributed by atoms with Crippen LogP contribution in [0.15, 0.2) is 28.7 Å². The molecule has 1 aromatic carbocycles. The number of carbonyl (C=O) groups excluding carboxylic acids is 2. The third-order valence-electron chi connectivity index (χ3n) is 2.47. The molecule has 0 saturated heterocycles. The molecule has 2 N–H and O–H groups in total. The fourth-order valence-corrected chi connectivity index (χ4v) is 1.81. The lowest BCUT2D eigenvalue weighted by molar-refractivity contribution is -0.161. The summed E-state index contributed by atoms with van der Waals surface area (Å²) in [6, 6.07) is 6.46. The maximum absolute atomic E-state index is 11.9.